The molecule has 0 spiro atoms. The quantitative estimate of drug-likeness (QED) is 0.0160. The van der Waals surface area contributed by atoms with Crippen LogP contribution in [0.3, 0.4) is 0 Å². The maximum Gasteiger partial charge on any atom is 0.253 e. The fraction of sp³-hybridized carbons (Fsp3) is 0.529. The molecular formula is C102H153N15O15. The molecule has 30 nitrogen and oxygen atoms in total. The molecule has 6 aromatic carbocycles. The number of nitrogens with one attached hydrogen (secondary N) is 6. The number of aliphatic hydroxyl groups is 3. The van der Waals surface area contributed by atoms with E-state index in [0.717, 1.165) is 74.5 Å². The minimum atomic E-state index is -1.05. The van der Waals surface area contributed by atoms with Crippen LogP contribution in [-0.4, -0.2) is 288 Å². The predicted octanol–water partition coefficient (Wildman–Crippen LogP) is 11.3. The Labute approximate surface area is 784 Å². The summed E-state index contributed by atoms with van der Waals surface area (Å²) in [5.74, 6) is -4.01. The van der Waals surface area contributed by atoms with Crippen molar-refractivity contribution in [3.63, 3.8) is 0 Å². The van der Waals surface area contributed by atoms with Gasteiger partial charge in [-0.2, -0.15) is 0 Å². The molecule has 0 saturated carbocycles. The van der Waals surface area contributed by atoms with Gasteiger partial charge < -0.3 is 60.7 Å². The summed E-state index contributed by atoms with van der Waals surface area (Å²) >= 11 is 0. The van der Waals surface area contributed by atoms with Gasteiger partial charge in [0.1, 0.15) is 0 Å². The number of carbonyl (C=O) groups is 12. The van der Waals surface area contributed by atoms with E-state index in [0.29, 0.717) is 78.0 Å². The van der Waals surface area contributed by atoms with E-state index in [1.54, 1.807) is 108 Å². The highest BCUT2D eigenvalue weighted by atomic mass is 16.3. The number of aliphatic hydroxyl groups excluding tert-OH is 3. The summed E-state index contributed by atoms with van der Waals surface area (Å²) in [7, 11) is 11.3. The highest BCUT2D eigenvalue weighted by Gasteiger charge is 2.33. The van der Waals surface area contributed by atoms with Crippen molar-refractivity contribution in [3.8, 4) is 0 Å². The van der Waals surface area contributed by atoms with Gasteiger partial charge >= 0.3 is 0 Å². The number of carbonyl (C=O) groups excluding carboxylic acids is 12. The number of rotatable bonds is 51. The Balaban J connectivity index is 0.000000414. The van der Waals surface area contributed by atoms with Gasteiger partial charge in [-0.1, -0.05) is 194 Å². The van der Waals surface area contributed by atoms with Crippen LogP contribution in [0.1, 0.15) is 271 Å². The monoisotopic (exact) mass is 1830 g/mol. The second kappa shape index (κ2) is 59.3. The van der Waals surface area contributed by atoms with Crippen molar-refractivity contribution in [2.24, 2.45) is 17.8 Å². The standard InChI is InChI=1S/C35H53N5O5.C34H51N5O5.C33H49N5O5/c1-8-11-19-40(37-32(42)25(4)5)24-31(41)30(20-26-15-13-12-14-16-26)36-33(43)27-21-28(34(44)38(6)7)23-29(22-27)35(45)39(17-9-2)18-10-3;1-8-16-38(17-9-2)34(44)28-21-26(20-27(22-28)33(43)37(6)7)32(42)35-29(19-25-14-12-11-13-15-25)30(40)23-39(18-10-3)36-31(41)24(4)5;1-8-15-38(16-9-2)33(43)27-20-25(19-26(21-27)32(42)36(5)6)31(41)34-28(18-24-13-11-10-12-14-24)29(39)22-37(7)35-30(40)17-23(3)4/h12-16,21-23,25,30-31,41H,8-11,17-20,24H2,1-7H3,(H,36,43)(H,37,42);11-15,20-22,24,29-30,40H,8-10,16-19,23H2,1-7H3,(H,35,42)(H,36,41);10-14,19-21,23,28-29,39H,8-9,15-18,22H2,1-7H3,(H,34,41)(H,35,40). The van der Waals surface area contributed by atoms with Crippen molar-refractivity contribution in [3.05, 3.63) is 212 Å². The molecule has 0 bridgehead atoms. The number of nitrogens with zero attached hydrogens (tertiary/aromatic N) is 9. The van der Waals surface area contributed by atoms with Crippen molar-refractivity contribution in [2.75, 3.05) is 121 Å². The van der Waals surface area contributed by atoms with Crippen LogP contribution in [0.4, 0.5) is 0 Å². The van der Waals surface area contributed by atoms with Crippen LogP contribution in [0.15, 0.2) is 146 Å². The first-order valence-electron chi connectivity index (χ1n) is 46.9. The van der Waals surface area contributed by atoms with Gasteiger partial charge in [0.05, 0.1) is 36.4 Å². The third kappa shape index (κ3) is 38.9. The zero-order chi connectivity index (χ0) is 98.4. The molecule has 6 rings (SSSR count). The van der Waals surface area contributed by atoms with Crippen LogP contribution >= 0.6 is 0 Å². The van der Waals surface area contributed by atoms with E-state index in [1.807, 2.05) is 153 Å². The zero-order valence-electron chi connectivity index (χ0n) is 82.3. The molecule has 6 aromatic rings. The number of likely N-dealkylation sites (N-methyl/N-ethyl adjacent to an activating group) is 1. The third-order valence-corrected chi connectivity index (χ3v) is 21.4. The molecule has 30 heteroatoms. The van der Waals surface area contributed by atoms with Crippen molar-refractivity contribution >= 4 is 70.9 Å². The highest BCUT2D eigenvalue weighted by molar-refractivity contribution is 6.07. The van der Waals surface area contributed by atoms with Crippen LogP contribution in [0.5, 0.6) is 0 Å². The highest BCUT2D eigenvalue weighted by Crippen LogP contribution is 2.23. The average Bonchev–Trinajstić information content (AvgIpc) is 0.815. The molecule has 12 amide bonds. The number of hydrogen-bond acceptors (Lipinski definition) is 18. The van der Waals surface area contributed by atoms with Gasteiger partial charge in [-0.15, -0.1) is 0 Å². The summed E-state index contributed by atoms with van der Waals surface area (Å²) in [6.07, 6.45) is 5.33. The fourth-order valence-electron chi connectivity index (χ4n) is 14.5. The van der Waals surface area contributed by atoms with Crippen LogP contribution in [0, 0.1) is 17.8 Å². The molecule has 0 saturated heterocycles. The second-order valence-electron chi connectivity index (χ2n) is 35.4. The number of amides is 12. The molecule has 0 aliphatic carbocycles. The summed E-state index contributed by atoms with van der Waals surface area (Å²) in [6.45, 7) is 31.8. The van der Waals surface area contributed by atoms with Gasteiger partial charge in [0.15, 0.2) is 0 Å². The molecule has 9 N–H and O–H groups in total. The molecule has 0 fully saturated rings. The summed E-state index contributed by atoms with van der Waals surface area (Å²) in [6, 6.07) is 39.9. The molecule has 6 atom stereocenters. The fourth-order valence-corrected chi connectivity index (χ4v) is 14.5. The van der Waals surface area contributed by atoms with Crippen LogP contribution in [-0.2, 0) is 33.6 Å². The smallest absolute Gasteiger partial charge is 0.253 e. The Hall–Kier alpha value is -11.3. The number of hydrogen-bond donors (Lipinski definition) is 9. The molecule has 0 aliphatic rings. The molecule has 0 aromatic heterocycles. The van der Waals surface area contributed by atoms with Crippen LogP contribution in [0.2, 0.25) is 0 Å². The minimum Gasteiger partial charge on any atom is -0.390 e. The first kappa shape index (κ1) is 113. The predicted molar refractivity (Wildman–Crippen MR) is 520 cm³/mol. The Morgan fingerprint density at radius 3 is 0.795 bits per heavy atom. The Kier molecular flexibility index (Phi) is 50.8. The first-order valence-corrected chi connectivity index (χ1v) is 46.9. The minimum absolute atomic E-state index is 0.0630. The lowest BCUT2D eigenvalue weighted by Crippen LogP contribution is -2.54. The summed E-state index contributed by atoms with van der Waals surface area (Å²) < 4.78 is 0. The van der Waals surface area contributed by atoms with Gasteiger partial charge in [0, 0.05) is 190 Å². The molecule has 0 aliphatic heterocycles. The van der Waals surface area contributed by atoms with Gasteiger partial charge in [0.25, 0.3) is 53.2 Å². The van der Waals surface area contributed by atoms with Gasteiger partial charge in [0.2, 0.25) is 17.7 Å². The number of unbranched alkanes of at least 4 members (excludes halogenated alkanes) is 1. The first-order chi connectivity index (χ1) is 62.7. The lowest BCUT2D eigenvalue weighted by molar-refractivity contribution is -0.130. The molecule has 726 valence electrons. The van der Waals surface area contributed by atoms with E-state index in [4.69, 9.17) is 0 Å². The van der Waals surface area contributed by atoms with Crippen LogP contribution in [0.25, 0.3) is 0 Å². The van der Waals surface area contributed by atoms with E-state index in [1.165, 1.54) is 68.2 Å². The maximum absolute atomic E-state index is 13.9. The Morgan fingerprint density at radius 2 is 0.553 bits per heavy atom. The van der Waals surface area contributed by atoms with Crippen molar-refractivity contribution < 1.29 is 72.9 Å². The van der Waals surface area contributed by atoms with Crippen molar-refractivity contribution in [1.82, 2.24) is 76.7 Å². The van der Waals surface area contributed by atoms with E-state index >= 15 is 0 Å². The molecule has 6 unspecified atom stereocenters. The SMILES string of the molecule is CCCCN(CC(O)C(Cc1ccccc1)NC(=O)c1cc(C(=O)N(C)C)cc(C(=O)N(CCC)CCC)c1)NC(=O)C(C)C.CCCN(CC(O)C(Cc1ccccc1)NC(=O)c1cc(C(=O)N(C)C)cc(C(=O)N(CCC)CCC)c1)NC(=O)C(C)C.CCCN(CCC)C(=O)c1cc(C(=O)NC(Cc2ccccc2)C(O)CN(C)NC(=O)CC(C)C)cc(C(=O)N(C)C)c1. The topological polar surface area (TPSA) is 367 Å². The van der Waals surface area contributed by atoms with Gasteiger partial charge in [-0.25, -0.2) is 15.0 Å². The molecule has 0 heterocycles. The van der Waals surface area contributed by atoms with E-state index < -0.39 is 54.2 Å². The van der Waals surface area contributed by atoms with E-state index in [2.05, 4.69) is 39.2 Å². The Morgan fingerprint density at radius 1 is 0.303 bits per heavy atom. The second-order valence-corrected chi connectivity index (χ2v) is 35.4. The normalized spacial score (nSPS) is 12.5. The van der Waals surface area contributed by atoms with Gasteiger partial charge in [-0.3, -0.25) is 73.8 Å². The summed E-state index contributed by atoms with van der Waals surface area (Å²) in [4.78, 5) is 167. The number of benzene rings is 6. The van der Waals surface area contributed by atoms with E-state index in [-0.39, 0.29) is 141 Å². The molecule has 0 radical (unpaired) electrons. The van der Waals surface area contributed by atoms with Crippen molar-refractivity contribution in [1.29, 1.82) is 0 Å². The number of hydrazine groups is 3. The van der Waals surface area contributed by atoms with E-state index in [9.17, 15) is 72.9 Å². The zero-order valence-corrected chi connectivity index (χ0v) is 82.3. The third-order valence-electron chi connectivity index (χ3n) is 21.4. The maximum atomic E-state index is 13.9. The largest absolute Gasteiger partial charge is 0.390 e. The lowest BCUT2D eigenvalue weighted by atomic mass is 9.99. The lowest BCUT2D eigenvalue weighted by Gasteiger charge is -2.31. The molecule has 132 heavy (non-hydrogen) atoms. The van der Waals surface area contributed by atoms with Gasteiger partial charge in [-0.05, 0) is 148 Å². The molecular weight excluding hydrogens is 1680 g/mol. The van der Waals surface area contributed by atoms with Crippen LogP contribution < -0.4 is 32.2 Å². The summed E-state index contributed by atoms with van der Waals surface area (Å²) in [5.41, 5.74) is 13.2. The van der Waals surface area contributed by atoms with Crippen molar-refractivity contribution in [2.45, 2.75) is 217 Å². The summed E-state index contributed by atoms with van der Waals surface area (Å²) in [5, 5.41) is 48.0. The Bertz CT molecular complexity index is 4590. The average molecular weight is 1830 g/mol.